The van der Waals surface area contributed by atoms with E-state index in [1.807, 2.05) is 17.5 Å². The lowest BCUT2D eigenvalue weighted by atomic mass is 10.2. The van der Waals surface area contributed by atoms with E-state index in [0.29, 0.717) is 19.8 Å². The highest BCUT2D eigenvalue weighted by Gasteiger charge is 2.09. The molecule has 0 aliphatic rings. The van der Waals surface area contributed by atoms with E-state index in [-0.39, 0.29) is 6.04 Å². The first kappa shape index (κ1) is 14.7. The molecule has 19 heavy (non-hydrogen) atoms. The predicted molar refractivity (Wildman–Crippen MR) is 80.7 cm³/mol. The van der Waals surface area contributed by atoms with Crippen molar-refractivity contribution in [2.45, 2.75) is 25.7 Å². The van der Waals surface area contributed by atoms with Crippen molar-refractivity contribution >= 4 is 22.7 Å². The fourth-order valence-corrected chi connectivity index (χ4v) is 3.10. The van der Waals surface area contributed by atoms with E-state index in [1.54, 1.807) is 22.7 Å². The molecule has 0 aliphatic carbocycles. The van der Waals surface area contributed by atoms with E-state index >= 15 is 0 Å². The number of hydrogen-bond donors (Lipinski definition) is 2. The SMILES string of the molecule is CC(NCC(O)COCc1cccs1)c1ccsc1. The lowest BCUT2D eigenvalue weighted by Crippen LogP contribution is -2.31. The molecule has 2 atom stereocenters. The zero-order chi connectivity index (χ0) is 13.5. The molecule has 2 rings (SSSR count). The molecule has 0 amide bonds. The van der Waals surface area contributed by atoms with Crippen LogP contribution in [0.2, 0.25) is 0 Å². The number of aliphatic hydroxyl groups is 1. The number of nitrogens with one attached hydrogen (secondary N) is 1. The maximum Gasteiger partial charge on any atom is 0.0898 e. The van der Waals surface area contributed by atoms with Crippen molar-refractivity contribution in [2.75, 3.05) is 13.2 Å². The summed E-state index contributed by atoms with van der Waals surface area (Å²) in [7, 11) is 0. The number of ether oxygens (including phenoxy) is 1. The third-order valence-electron chi connectivity index (χ3n) is 2.84. The van der Waals surface area contributed by atoms with Gasteiger partial charge in [-0.1, -0.05) is 6.07 Å². The van der Waals surface area contributed by atoms with E-state index in [4.69, 9.17) is 4.74 Å². The van der Waals surface area contributed by atoms with Crippen molar-refractivity contribution in [3.63, 3.8) is 0 Å². The van der Waals surface area contributed by atoms with Crippen LogP contribution in [-0.2, 0) is 11.3 Å². The van der Waals surface area contributed by atoms with Crippen LogP contribution in [-0.4, -0.2) is 24.4 Å². The minimum absolute atomic E-state index is 0.262. The summed E-state index contributed by atoms with van der Waals surface area (Å²) in [5, 5.41) is 19.4. The molecule has 3 nitrogen and oxygen atoms in total. The van der Waals surface area contributed by atoms with Gasteiger partial charge in [-0.25, -0.2) is 0 Å². The second-order valence-corrected chi connectivity index (χ2v) is 6.25. The molecule has 0 spiro atoms. The molecular formula is C14H19NO2S2. The molecule has 0 aromatic carbocycles. The molecule has 5 heteroatoms. The largest absolute Gasteiger partial charge is 0.389 e. The van der Waals surface area contributed by atoms with Gasteiger partial charge in [0.2, 0.25) is 0 Å². The summed E-state index contributed by atoms with van der Waals surface area (Å²) in [4.78, 5) is 1.19. The predicted octanol–water partition coefficient (Wildman–Crippen LogP) is 3.04. The molecule has 0 radical (unpaired) electrons. The van der Waals surface area contributed by atoms with Crippen molar-refractivity contribution in [3.05, 3.63) is 44.8 Å². The Kier molecular flexibility index (Phi) is 6.00. The van der Waals surface area contributed by atoms with Crippen molar-refractivity contribution < 1.29 is 9.84 Å². The third-order valence-corrected chi connectivity index (χ3v) is 4.39. The maximum absolute atomic E-state index is 9.84. The molecule has 0 saturated heterocycles. The van der Waals surface area contributed by atoms with Gasteiger partial charge in [0.15, 0.2) is 0 Å². The van der Waals surface area contributed by atoms with Crippen molar-refractivity contribution in [3.8, 4) is 0 Å². The van der Waals surface area contributed by atoms with Gasteiger partial charge in [0.1, 0.15) is 0 Å². The highest BCUT2D eigenvalue weighted by Crippen LogP contribution is 2.15. The van der Waals surface area contributed by atoms with Crippen LogP contribution in [0.1, 0.15) is 23.4 Å². The van der Waals surface area contributed by atoms with Crippen LogP contribution in [0.15, 0.2) is 34.3 Å². The maximum atomic E-state index is 9.84. The minimum atomic E-state index is -0.471. The monoisotopic (exact) mass is 297 g/mol. The zero-order valence-electron chi connectivity index (χ0n) is 10.9. The number of thiophene rings is 2. The van der Waals surface area contributed by atoms with Gasteiger partial charge in [0.25, 0.3) is 0 Å². The molecular weight excluding hydrogens is 278 g/mol. The number of aliphatic hydroxyl groups excluding tert-OH is 1. The summed E-state index contributed by atoms with van der Waals surface area (Å²) < 4.78 is 5.49. The quantitative estimate of drug-likeness (QED) is 0.787. The molecule has 104 valence electrons. The van der Waals surface area contributed by atoms with Crippen molar-refractivity contribution in [2.24, 2.45) is 0 Å². The first-order chi connectivity index (χ1) is 9.25. The second-order valence-electron chi connectivity index (χ2n) is 4.43. The lowest BCUT2D eigenvalue weighted by Gasteiger charge is -2.16. The van der Waals surface area contributed by atoms with Crippen LogP contribution in [0, 0.1) is 0 Å². The summed E-state index contributed by atoms with van der Waals surface area (Å²) in [6, 6.07) is 6.40. The first-order valence-electron chi connectivity index (χ1n) is 6.29. The summed E-state index contributed by atoms with van der Waals surface area (Å²) in [6.07, 6.45) is -0.471. The Morgan fingerprint density at radius 2 is 2.26 bits per heavy atom. The van der Waals surface area contributed by atoms with Gasteiger partial charge < -0.3 is 15.2 Å². The van der Waals surface area contributed by atoms with Gasteiger partial charge in [-0.3, -0.25) is 0 Å². The highest BCUT2D eigenvalue weighted by molar-refractivity contribution is 7.09. The van der Waals surface area contributed by atoms with Gasteiger partial charge in [-0.05, 0) is 40.8 Å². The number of hydrogen-bond acceptors (Lipinski definition) is 5. The van der Waals surface area contributed by atoms with Gasteiger partial charge in [-0.2, -0.15) is 11.3 Å². The second kappa shape index (κ2) is 7.77. The average Bonchev–Trinajstić information content (AvgIpc) is 3.08. The fourth-order valence-electron chi connectivity index (χ4n) is 1.70. The van der Waals surface area contributed by atoms with Crippen LogP contribution in [0.4, 0.5) is 0 Å². The standard InChI is InChI=1S/C14H19NO2S2/c1-11(12-4-6-18-10-12)15-7-13(16)8-17-9-14-3-2-5-19-14/h2-6,10-11,13,15-16H,7-9H2,1H3. The van der Waals surface area contributed by atoms with Crippen LogP contribution in [0.5, 0.6) is 0 Å². The van der Waals surface area contributed by atoms with E-state index in [1.165, 1.54) is 10.4 Å². The normalized spacial score (nSPS) is 14.4. The van der Waals surface area contributed by atoms with Crippen molar-refractivity contribution in [1.82, 2.24) is 5.32 Å². The fraction of sp³-hybridized carbons (Fsp3) is 0.429. The molecule has 2 unspecified atom stereocenters. The molecule has 0 aliphatic heterocycles. The van der Waals surface area contributed by atoms with Crippen LogP contribution >= 0.6 is 22.7 Å². The number of rotatable bonds is 8. The van der Waals surface area contributed by atoms with Gasteiger partial charge in [0, 0.05) is 17.5 Å². The van der Waals surface area contributed by atoms with Crippen LogP contribution < -0.4 is 5.32 Å². The average molecular weight is 297 g/mol. The van der Waals surface area contributed by atoms with Crippen molar-refractivity contribution in [1.29, 1.82) is 0 Å². The topological polar surface area (TPSA) is 41.5 Å². The molecule has 0 bridgehead atoms. The molecule has 0 fully saturated rings. The Bertz CT molecular complexity index is 442. The smallest absolute Gasteiger partial charge is 0.0898 e. The Morgan fingerprint density at radius 1 is 1.37 bits per heavy atom. The van der Waals surface area contributed by atoms with Crippen LogP contribution in [0.3, 0.4) is 0 Å². The summed E-state index contributed by atoms with van der Waals surface area (Å²) in [5.41, 5.74) is 1.26. The third kappa shape index (κ3) is 5.04. The Hall–Kier alpha value is -0.720. The summed E-state index contributed by atoms with van der Waals surface area (Å²) >= 11 is 3.36. The molecule has 2 aromatic rings. The Morgan fingerprint density at radius 3 is 2.95 bits per heavy atom. The summed E-state index contributed by atoms with van der Waals surface area (Å²) in [6.45, 7) is 3.58. The van der Waals surface area contributed by atoms with Gasteiger partial charge in [0.05, 0.1) is 19.3 Å². The lowest BCUT2D eigenvalue weighted by molar-refractivity contribution is 0.0288. The van der Waals surface area contributed by atoms with E-state index in [9.17, 15) is 5.11 Å². The molecule has 2 heterocycles. The highest BCUT2D eigenvalue weighted by atomic mass is 32.1. The molecule has 2 aromatic heterocycles. The summed E-state index contributed by atoms with van der Waals surface area (Å²) in [5.74, 6) is 0. The zero-order valence-corrected chi connectivity index (χ0v) is 12.5. The van der Waals surface area contributed by atoms with Gasteiger partial charge in [-0.15, -0.1) is 11.3 Å². The Labute approximate surface area is 121 Å². The van der Waals surface area contributed by atoms with E-state index in [0.717, 1.165) is 0 Å². The van der Waals surface area contributed by atoms with Crippen LogP contribution in [0.25, 0.3) is 0 Å². The minimum Gasteiger partial charge on any atom is -0.389 e. The first-order valence-corrected chi connectivity index (χ1v) is 8.11. The van der Waals surface area contributed by atoms with E-state index < -0.39 is 6.10 Å². The Balaban J connectivity index is 1.60. The van der Waals surface area contributed by atoms with E-state index in [2.05, 4.69) is 29.1 Å². The molecule has 2 N–H and O–H groups in total. The van der Waals surface area contributed by atoms with Gasteiger partial charge >= 0.3 is 0 Å². The molecule has 0 saturated carbocycles.